The van der Waals surface area contributed by atoms with E-state index in [-0.39, 0.29) is 18.1 Å². The van der Waals surface area contributed by atoms with Crippen LogP contribution in [0.25, 0.3) is 0 Å². The number of hydrogen-bond acceptors (Lipinski definition) is 4. The van der Waals surface area contributed by atoms with Gasteiger partial charge in [0.2, 0.25) is 0 Å². The molecule has 3 rings (SSSR count). The maximum Gasteiger partial charge on any atom is 0.416 e. The predicted octanol–water partition coefficient (Wildman–Crippen LogP) is 3.22. The Morgan fingerprint density at radius 3 is 2.58 bits per heavy atom. The lowest BCUT2D eigenvalue weighted by Crippen LogP contribution is -2.42. The number of ether oxygens (including phenoxy) is 1. The van der Waals surface area contributed by atoms with Crippen LogP contribution in [0.5, 0.6) is 0 Å². The van der Waals surface area contributed by atoms with E-state index in [1.807, 2.05) is 0 Å². The van der Waals surface area contributed by atoms with Crippen LogP contribution in [-0.4, -0.2) is 35.5 Å². The highest BCUT2D eigenvalue weighted by atomic mass is 19.4. The van der Waals surface area contributed by atoms with Crippen molar-refractivity contribution in [3.05, 3.63) is 53.2 Å². The summed E-state index contributed by atoms with van der Waals surface area (Å²) in [4.78, 5) is 17.9. The summed E-state index contributed by atoms with van der Waals surface area (Å²) in [6.45, 7) is 2.58. The molecular formula is C16H15F3N2O3. The molecule has 2 heterocycles. The summed E-state index contributed by atoms with van der Waals surface area (Å²) in [5.74, 6) is 0.152. The van der Waals surface area contributed by atoms with E-state index < -0.39 is 17.8 Å². The summed E-state index contributed by atoms with van der Waals surface area (Å²) in [5, 5.41) is 0. The van der Waals surface area contributed by atoms with Gasteiger partial charge in [-0.3, -0.25) is 4.79 Å². The number of morpholine rings is 1. The lowest BCUT2D eigenvalue weighted by Gasteiger charge is -2.33. The zero-order chi connectivity index (χ0) is 17.3. The summed E-state index contributed by atoms with van der Waals surface area (Å²) < 4.78 is 48.5. The quantitative estimate of drug-likeness (QED) is 0.842. The van der Waals surface area contributed by atoms with Crippen molar-refractivity contribution in [2.75, 3.05) is 19.7 Å². The first-order valence-electron chi connectivity index (χ1n) is 7.34. The molecule has 2 aromatic rings. The molecule has 0 bridgehead atoms. The summed E-state index contributed by atoms with van der Waals surface area (Å²) in [5.41, 5.74) is 0.119. The number of rotatable bonds is 2. The fourth-order valence-electron chi connectivity index (χ4n) is 2.58. The van der Waals surface area contributed by atoms with E-state index in [0.717, 1.165) is 12.1 Å². The van der Waals surface area contributed by atoms with Gasteiger partial charge in [0, 0.05) is 6.54 Å². The van der Waals surface area contributed by atoms with Gasteiger partial charge in [-0.05, 0) is 24.6 Å². The number of hydrogen-bond donors (Lipinski definition) is 0. The minimum Gasteiger partial charge on any atom is -0.448 e. The second kappa shape index (κ2) is 6.27. The number of aromatic nitrogens is 1. The van der Waals surface area contributed by atoms with E-state index in [0.29, 0.717) is 24.5 Å². The number of carbonyl (C=O) groups is 1. The maximum atomic E-state index is 12.6. The van der Waals surface area contributed by atoms with E-state index in [9.17, 15) is 18.0 Å². The van der Waals surface area contributed by atoms with Gasteiger partial charge >= 0.3 is 6.18 Å². The van der Waals surface area contributed by atoms with E-state index in [1.54, 1.807) is 11.8 Å². The van der Waals surface area contributed by atoms with Gasteiger partial charge in [-0.2, -0.15) is 13.2 Å². The Morgan fingerprint density at radius 2 is 2.00 bits per heavy atom. The van der Waals surface area contributed by atoms with E-state index >= 15 is 0 Å². The molecule has 1 fully saturated rings. The number of aryl methyl sites for hydroxylation is 1. The molecule has 1 aromatic heterocycles. The molecule has 0 spiro atoms. The maximum absolute atomic E-state index is 12.6. The van der Waals surface area contributed by atoms with Crippen molar-refractivity contribution in [1.82, 2.24) is 9.88 Å². The van der Waals surface area contributed by atoms with E-state index in [4.69, 9.17) is 9.15 Å². The normalized spacial score (nSPS) is 18.7. The van der Waals surface area contributed by atoms with Crippen molar-refractivity contribution < 1.29 is 27.1 Å². The first-order valence-corrected chi connectivity index (χ1v) is 7.34. The number of oxazole rings is 1. The van der Waals surface area contributed by atoms with Gasteiger partial charge in [0.05, 0.1) is 18.7 Å². The highest BCUT2D eigenvalue weighted by Gasteiger charge is 2.32. The Balaban J connectivity index is 1.74. The van der Waals surface area contributed by atoms with Gasteiger partial charge in [0.25, 0.3) is 5.91 Å². The lowest BCUT2D eigenvalue weighted by atomic mass is 10.0. The Labute approximate surface area is 136 Å². The Bertz CT molecular complexity index is 725. The first-order chi connectivity index (χ1) is 11.4. The molecule has 0 radical (unpaired) electrons. The SMILES string of the molecule is Cc1ocnc1C(=O)N1CCO[C@@H](c2ccc(C(F)(F)F)cc2)C1. The van der Waals surface area contributed by atoms with Gasteiger partial charge in [-0.1, -0.05) is 12.1 Å². The van der Waals surface area contributed by atoms with Gasteiger partial charge in [0.15, 0.2) is 12.1 Å². The highest BCUT2D eigenvalue weighted by Crippen LogP contribution is 2.31. The average molecular weight is 340 g/mol. The number of benzene rings is 1. The molecule has 1 atom stereocenters. The monoisotopic (exact) mass is 340 g/mol. The molecule has 24 heavy (non-hydrogen) atoms. The number of halogens is 3. The van der Waals surface area contributed by atoms with Crippen LogP contribution >= 0.6 is 0 Å². The molecule has 0 saturated carbocycles. The van der Waals surface area contributed by atoms with Gasteiger partial charge in [-0.15, -0.1) is 0 Å². The van der Waals surface area contributed by atoms with Crippen LogP contribution in [0.1, 0.15) is 33.5 Å². The molecule has 8 heteroatoms. The minimum absolute atomic E-state index is 0.239. The fraction of sp³-hybridized carbons (Fsp3) is 0.375. The Kier molecular flexibility index (Phi) is 4.31. The van der Waals surface area contributed by atoms with Crippen molar-refractivity contribution in [3.8, 4) is 0 Å². The predicted molar refractivity (Wildman–Crippen MR) is 77.3 cm³/mol. The second-order valence-electron chi connectivity index (χ2n) is 5.49. The zero-order valence-corrected chi connectivity index (χ0v) is 12.8. The molecule has 1 aliphatic rings. The zero-order valence-electron chi connectivity index (χ0n) is 12.8. The smallest absolute Gasteiger partial charge is 0.416 e. The topological polar surface area (TPSA) is 55.6 Å². The van der Waals surface area contributed by atoms with E-state index in [2.05, 4.69) is 4.98 Å². The van der Waals surface area contributed by atoms with Crippen LogP contribution in [0.15, 0.2) is 35.1 Å². The molecule has 1 saturated heterocycles. The third kappa shape index (κ3) is 3.28. The molecule has 1 aliphatic heterocycles. The van der Waals surface area contributed by atoms with E-state index in [1.165, 1.54) is 18.5 Å². The fourth-order valence-corrected chi connectivity index (χ4v) is 2.58. The van der Waals surface area contributed by atoms with Crippen LogP contribution in [0.2, 0.25) is 0 Å². The molecule has 1 aromatic carbocycles. The van der Waals surface area contributed by atoms with Crippen LogP contribution in [0, 0.1) is 6.92 Å². The first kappa shape index (κ1) is 16.5. The largest absolute Gasteiger partial charge is 0.448 e. The lowest BCUT2D eigenvalue weighted by molar-refractivity contribution is -0.137. The van der Waals surface area contributed by atoms with Crippen LogP contribution in [0.4, 0.5) is 13.2 Å². The third-order valence-corrected chi connectivity index (χ3v) is 3.91. The van der Waals surface area contributed by atoms with Crippen molar-refractivity contribution in [2.45, 2.75) is 19.2 Å². The summed E-state index contributed by atoms with van der Waals surface area (Å²) in [7, 11) is 0. The standard InChI is InChI=1S/C16H15F3N2O3/c1-10-14(20-9-24-10)15(22)21-6-7-23-13(8-21)11-2-4-12(5-3-11)16(17,18)19/h2-5,9,13H,6-8H2,1H3/t13-/m1/s1. The average Bonchev–Trinajstić information content (AvgIpc) is 3.00. The van der Waals surface area contributed by atoms with Crippen molar-refractivity contribution in [1.29, 1.82) is 0 Å². The Hall–Kier alpha value is -2.35. The molecule has 128 valence electrons. The third-order valence-electron chi connectivity index (χ3n) is 3.91. The molecular weight excluding hydrogens is 325 g/mol. The second-order valence-corrected chi connectivity index (χ2v) is 5.49. The molecule has 5 nitrogen and oxygen atoms in total. The van der Waals surface area contributed by atoms with Gasteiger partial charge < -0.3 is 14.1 Å². The van der Waals surface area contributed by atoms with Crippen molar-refractivity contribution >= 4 is 5.91 Å². The number of amides is 1. The number of carbonyl (C=O) groups excluding carboxylic acids is 1. The minimum atomic E-state index is -4.38. The highest BCUT2D eigenvalue weighted by molar-refractivity contribution is 5.93. The molecule has 0 unspecified atom stereocenters. The summed E-state index contributed by atoms with van der Waals surface area (Å²) in [6.07, 6.45) is -3.65. The molecule has 0 aliphatic carbocycles. The molecule has 0 N–H and O–H groups in total. The number of alkyl halides is 3. The summed E-state index contributed by atoms with van der Waals surface area (Å²) >= 11 is 0. The molecule has 1 amide bonds. The van der Waals surface area contributed by atoms with Crippen LogP contribution in [0.3, 0.4) is 0 Å². The summed E-state index contributed by atoms with van der Waals surface area (Å²) in [6, 6.07) is 4.79. The van der Waals surface area contributed by atoms with Crippen molar-refractivity contribution in [2.24, 2.45) is 0 Å². The van der Waals surface area contributed by atoms with Crippen LogP contribution < -0.4 is 0 Å². The van der Waals surface area contributed by atoms with Crippen LogP contribution in [-0.2, 0) is 10.9 Å². The Morgan fingerprint density at radius 1 is 1.29 bits per heavy atom. The van der Waals surface area contributed by atoms with Gasteiger partial charge in [0.1, 0.15) is 11.9 Å². The number of nitrogens with zero attached hydrogens (tertiary/aromatic N) is 2. The van der Waals surface area contributed by atoms with Crippen molar-refractivity contribution in [3.63, 3.8) is 0 Å². The van der Waals surface area contributed by atoms with Gasteiger partial charge in [-0.25, -0.2) is 4.98 Å².